The maximum atomic E-state index is 12.1. The molecule has 1 aliphatic rings. The van der Waals surface area contributed by atoms with Crippen molar-refractivity contribution in [3.63, 3.8) is 0 Å². The molecule has 2 heterocycles. The Balaban J connectivity index is 1.46. The highest BCUT2D eigenvalue weighted by Crippen LogP contribution is 2.17. The average molecular weight is 376 g/mol. The van der Waals surface area contributed by atoms with Crippen molar-refractivity contribution in [3.8, 4) is 5.75 Å². The maximum Gasteiger partial charge on any atom is 0.340 e. The minimum atomic E-state index is -0.472. The van der Waals surface area contributed by atoms with Gasteiger partial charge in [-0.25, -0.2) is 14.7 Å². The quantitative estimate of drug-likeness (QED) is 0.543. The summed E-state index contributed by atoms with van der Waals surface area (Å²) in [6.45, 7) is 2.17. The van der Waals surface area contributed by atoms with Gasteiger partial charge in [0.25, 0.3) is 5.91 Å². The first-order valence-corrected chi connectivity index (χ1v) is 8.37. The lowest BCUT2D eigenvalue weighted by atomic mass is 10.3. The number of rotatable bonds is 6. The molecule has 3 rings (SSSR count). The van der Waals surface area contributed by atoms with Crippen molar-refractivity contribution in [3.05, 3.63) is 40.6 Å². The first-order chi connectivity index (χ1) is 13.1. The van der Waals surface area contributed by atoms with E-state index in [4.69, 9.17) is 9.47 Å². The molecule has 1 saturated heterocycles. The molecule has 0 saturated carbocycles. The minimum Gasteiger partial charge on any atom is -0.484 e. The highest BCUT2D eigenvalue weighted by molar-refractivity contribution is 5.89. The molecule has 0 unspecified atom stereocenters. The zero-order valence-electron chi connectivity index (χ0n) is 14.5. The molecule has 1 aliphatic heterocycles. The number of ether oxygens (including phenoxy) is 2. The Labute approximate surface area is 154 Å². The summed E-state index contributed by atoms with van der Waals surface area (Å²) in [6, 6.07) is 6.23. The first-order valence-electron chi connectivity index (χ1n) is 8.37. The van der Waals surface area contributed by atoms with Crippen LogP contribution in [-0.2, 0) is 16.1 Å². The number of benzene rings is 1. The Kier molecular flexibility index (Phi) is 6.05. The fourth-order valence-corrected chi connectivity index (χ4v) is 2.44. The predicted octanol–water partition coefficient (Wildman–Crippen LogP) is -0.343. The second-order valence-corrected chi connectivity index (χ2v) is 5.74. The highest BCUT2D eigenvalue weighted by atomic mass is 16.5. The zero-order valence-corrected chi connectivity index (χ0v) is 14.5. The zero-order chi connectivity index (χ0) is 19.1. The summed E-state index contributed by atoms with van der Waals surface area (Å²) in [5, 5.41) is 11.1. The summed E-state index contributed by atoms with van der Waals surface area (Å²) in [5.41, 5.74) is 0.0584. The Morgan fingerprint density at radius 3 is 2.85 bits per heavy atom. The summed E-state index contributed by atoms with van der Waals surface area (Å²) in [7, 11) is 0. The van der Waals surface area contributed by atoms with Crippen LogP contribution in [0, 0.1) is 0 Å². The Morgan fingerprint density at radius 1 is 1.30 bits per heavy atom. The van der Waals surface area contributed by atoms with E-state index in [-0.39, 0.29) is 19.1 Å². The number of carbonyl (C=O) groups is 2. The van der Waals surface area contributed by atoms with Gasteiger partial charge in [0.1, 0.15) is 11.6 Å². The number of morpholine rings is 1. The number of anilines is 1. The number of hydrogen-bond acceptors (Lipinski definition) is 6. The Hall–Kier alpha value is -3.34. The third kappa shape index (κ3) is 5.57. The van der Waals surface area contributed by atoms with Gasteiger partial charge in [-0.2, -0.15) is 5.10 Å². The third-order valence-corrected chi connectivity index (χ3v) is 3.78. The molecule has 1 aromatic heterocycles. The fraction of sp³-hybridized carbons (Fsp3) is 0.375. The van der Waals surface area contributed by atoms with Crippen LogP contribution in [0.1, 0.15) is 5.82 Å². The highest BCUT2D eigenvalue weighted by Gasteiger charge is 2.17. The second-order valence-electron chi connectivity index (χ2n) is 5.74. The van der Waals surface area contributed by atoms with E-state index in [0.29, 0.717) is 43.6 Å². The molecule has 0 aliphatic carbocycles. The maximum absolute atomic E-state index is 12.1. The van der Waals surface area contributed by atoms with E-state index in [0.717, 1.165) is 0 Å². The summed E-state index contributed by atoms with van der Waals surface area (Å²) in [4.78, 5) is 39.0. The second kappa shape index (κ2) is 8.85. The van der Waals surface area contributed by atoms with Gasteiger partial charge in [-0.1, -0.05) is 6.07 Å². The average Bonchev–Trinajstić information content (AvgIpc) is 3.11. The van der Waals surface area contributed by atoms with Crippen molar-refractivity contribution in [2.45, 2.75) is 6.54 Å². The largest absolute Gasteiger partial charge is 0.484 e. The number of urea groups is 1. The molecule has 1 aromatic carbocycles. The molecule has 0 bridgehead atoms. The van der Waals surface area contributed by atoms with Crippen molar-refractivity contribution in [2.75, 3.05) is 38.2 Å². The number of aromatic amines is 2. The van der Waals surface area contributed by atoms with Crippen LogP contribution >= 0.6 is 0 Å². The van der Waals surface area contributed by atoms with Crippen molar-refractivity contribution in [1.29, 1.82) is 0 Å². The number of amides is 3. The predicted molar refractivity (Wildman–Crippen MR) is 94.4 cm³/mol. The smallest absolute Gasteiger partial charge is 0.340 e. The van der Waals surface area contributed by atoms with Gasteiger partial charge in [0.15, 0.2) is 6.61 Å². The van der Waals surface area contributed by atoms with Crippen LogP contribution < -0.4 is 21.1 Å². The number of nitrogens with one attached hydrogen (secondary N) is 4. The topological polar surface area (TPSA) is 141 Å². The Morgan fingerprint density at radius 2 is 2.11 bits per heavy atom. The van der Waals surface area contributed by atoms with Crippen LogP contribution in [0.15, 0.2) is 29.1 Å². The molecule has 0 spiro atoms. The lowest BCUT2D eigenvalue weighted by molar-refractivity contribution is -0.137. The standard InChI is InChI=1S/C16H20N6O5/c23-14(22-4-6-26-7-5-22)10-27-12-3-1-2-11(8-12)18-15(24)17-9-13-19-16(25)21-20-13/h1-3,8H,4-7,9-10H2,(H2,17,18,24)(H2,19,20,21,25). The van der Waals surface area contributed by atoms with Crippen LogP contribution in [0.5, 0.6) is 5.75 Å². The van der Waals surface area contributed by atoms with Crippen LogP contribution in [0.4, 0.5) is 10.5 Å². The summed E-state index contributed by atoms with van der Waals surface area (Å²) < 4.78 is 10.7. The SMILES string of the molecule is O=C(NCc1n[nH]c(=O)[nH]1)Nc1cccc(OCC(=O)N2CCOCC2)c1. The van der Waals surface area contributed by atoms with Gasteiger partial charge in [0.05, 0.1) is 19.8 Å². The monoisotopic (exact) mass is 376 g/mol. The molecule has 27 heavy (non-hydrogen) atoms. The van der Waals surface area contributed by atoms with E-state index in [9.17, 15) is 14.4 Å². The van der Waals surface area contributed by atoms with Gasteiger partial charge < -0.3 is 25.0 Å². The summed E-state index contributed by atoms with van der Waals surface area (Å²) >= 11 is 0. The van der Waals surface area contributed by atoms with E-state index < -0.39 is 11.7 Å². The van der Waals surface area contributed by atoms with E-state index in [1.54, 1.807) is 29.2 Å². The molecular formula is C16H20N6O5. The van der Waals surface area contributed by atoms with Crippen molar-refractivity contribution in [2.24, 2.45) is 0 Å². The number of carbonyl (C=O) groups excluding carboxylic acids is 2. The summed E-state index contributed by atoms with van der Waals surface area (Å²) in [6.07, 6.45) is 0. The van der Waals surface area contributed by atoms with Crippen LogP contribution in [0.3, 0.4) is 0 Å². The number of aromatic nitrogens is 3. The number of nitrogens with zero attached hydrogens (tertiary/aromatic N) is 2. The number of H-pyrrole nitrogens is 2. The molecule has 0 atom stereocenters. The molecule has 4 N–H and O–H groups in total. The number of hydrogen-bond donors (Lipinski definition) is 4. The normalized spacial score (nSPS) is 13.9. The van der Waals surface area contributed by atoms with E-state index in [2.05, 4.69) is 25.8 Å². The molecule has 1 fully saturated rings. The Bertz CT molecular complexity index is 842. The van der Waals surface area contributed by atoms with Crippen molar-refractivity contribution in [1.82, 2.24) is 25.4 Å². The lowest BCUT2D eigenvalue weighted by Gasteiger charge is -2.26. The third-order valence-electron chi connectivity index (χ3n) is 3.78. The first kappa shape index (κ1) is 18.5. The van der Waals surface area contributed by atoms with Crippen molar-refractivity contribution < 1.29 is 19.1 Å². The van der Waals surface area contributed by atoms with Gasteiger partial charge >= 0.3 is 11.7 Å². The fourth-order valence-electron chi connectivity index (χ4n) is 2.44. The molecule has 11 nitrogen and oxygen atoms in total. The van der Waals surface area contributed by atoms with Gasteiger partial charge in [-0.3, -0.25) is 9.78 Å². The minimum absolute atomic E-state index is 0.0643. The van der Waals surface area contributed by atoms with Gasteiger partial charge in [-0.15, -0.1) is 0 Å². The van der Waals surface area contributed by atoms with Gasteiger partial charge in [0, 0.05) is 24.8 Å². The van der Waals surface area contributed by atoms with Crippen LogP contribution in [-0.4, -0.2) is 64.9 Å². The molecule has 2 aromatic rings. The van der Waals surface area contributed by atoms with Crippen LogP contribution in [0.2, 0.25) is 0 Å². The molecule has 11 heteroatoms. The lowest BCUT2D eigenvalue weighted by Crippen LogP contribution is -2.42. The van der Waals surface area contributed by atoms with Crippen LogP contribution in [0.25, 0.3) is 0 Å². The molecule has 0 radical (unpaired) electrons. The van der Waals surface area contributed by atoms with E-state index in [1.807, 2.05) is 0 Å². The van der Waals surface area contributed by atoms with E-state index >= 15 is 0 Å². The molecular weight excluding hydrogens is 356 g/mol. The molecule has 3 amide bonds. The summed E-state index contributed by atoms with van der Waals surface area (Å²) in [5.74, 6) is 0.669. The van der Waals surface area contributed by atoms with Gasteiger partial charge in [-0.05, 0) is 12.1 Å². The molecule has 144 valence electrons. The van der Waals surface area contributed by atoms with Crippen molar-refractivity contribution >= 4 is 17.6 Å². The van der Waals surface area contributed by atoms with E-state index in [1.165, 1.54) is 0 Å². The van der Waals surface area contributed by atoms with Gasteiger partial charge in [0.2, 0.25) is 0 Å².